The first-order chi connectivity index (χ1) is 16.6. The smallest absolute Gasteiger partial charge is 0.253 e. The van der Waals surface area contributed by atoms with Crippen molar-refractivity contribution < 1.29 is 4.79 Å². The molecule has 168 valence electrons. The number of fused-ring (bicyclic) bond motifs is 1. The molecule has 0 fully saturated rings. The van der Waals surface area contributed by atoms with Gasteiger partial charge in [0.25, 0.3) is 5.91 Å². The molecule has 0 saturated carbocycles. The van der Waals surface area contributed by atoms with E-state index in [2.05, 4.69) is 43.0 Å². The Morgan fingerprint density at radius 3 is 2.44 bits per heavy atom. The van der Waals surface area contributed by atoms with Crippen molar-refractivity contribution in [3.8, 4) is 11.3 Å². The van der Waals surface area contributed by atoms with E-state index in [0.717, 1.165) is 22.2 Å². The molecule has 0 aliphatic rings. The zero-order chi connectivity index (χ0) is 23.5. The minimum atomic E-state index is -0.0129. The molecule has 3 heterocycles. The molecular formula is C27H24N6O. The Bertz CT molecular complexity index is 1430. The minimum absolute atomic E-state index is 0.0129. The van der Waals surface area contributed by atoms with Crippen molar-refractivity contribution in [2.45, 2.75) is 6.54 Å². The molecule has 0 saturated heterocycles. The Labute approximate surface area is 197 Å². The van der Waals surface area contributed by atoms with Gasteiger partial charge < -0.3 is 14.8 Å². The van der Waals surface area contributed by atoms with Gasteiger partial charge in [-0.05, 0) is 35.4 Å². The minimum Gasteiger partial charge on any atom is -0.345 e. The van der Waals surface area contributed by atoms with Gasteiger partial charge in [-0.2, -0.15) is 0 Å². The summed E-state index contributed by atoms with van der Waals surface area (Å²) < 4.78 is 2.28. The molecule has 34 heavy (non-hydrogen) atoms. The molecule has 0 radical (unpaired) electrons. The molecule has 3 aromatic heterocycles. The largest absolute Gasteiger partial charge is 0.345 e. The van der Waals surface area contributed by atoms with Crippen LogP contribution in [0, 0.1) is 0 Å². The number of anilines is 2. The average Bonchev–Trinajstić information content (AvgIpc) is 3.22. The van der Waals surface area contributed by atoms with Gasteiger partial charge in [-0.15, -0.1) is 0 Å². The zero-order valence-electron chi connectivity index (χ0n) is 19.0. The summed E-state index contributed by atoms with van der Waals surface area (Å²) in [6, 6.07) is 24.1. The number of pyridine rings is 1. The van der Waals surface area contributed by atoms with E-state index < -0.39 is 0 Å². The van der Waals surface area contributed by atoms with Crippen LogP contribution in [0.1, 0.15) is 15.9 Å². The van der Waals surface area contributed by atoms with Crippen molar-refractivity contribution in [2.75, 3.05) is 19.4 Å². The Morgan fingerprint density at radius 2 is 1.74 bits per heavy atom. The molecular weight excluding hydrogens is 424 g/mol. The van der Waals surface area contributed by atoms with Crippen molar-refractivity contribution in [1.82, 2.24) is 24.4 Å². The number of nitrogens with one attached hydrogen (secondary N) is 1. The summed E-state index contributed by atoms with van der Waals surface area (Å²) in [5.74, 6) is 1.38. The molecule has 2 aromatic carbocycles. The van der Waals surface area contributed by atoms with Gasteiger partial charge in [0.15, 0.2) is 0 Å². The van der Waals surface area contributed by atoms with Crippen LogP contribution < -0.4 is 5.32 Å². The van der Waals surface area contributed by atoms with Crippen molar-refractivity contribution in [2.24, 2.45) is 0 Å². The van der Waals surface area contributed by atoms with Gasteiger partial charge in [0.1, 0.15) is 18.0 Å². The topological polar surface area (TPSA) is 75.9 Å². The predicted octanol–water partition coefficient (Wildman–Crippen LogP) is 4.99. The normalized spacial score (nSPS) is 10.9. The molecule has 5 aromatic rings. The molecule has 0 aliphatic carbocycles. The Morgan fingerprint density at radius 1 is 0.941 bits per heavy atom. The van der Waals surface area contributed by atoms with E-state index in [0.29, 0.717) is 23.7 Å². The lowest BCUT2D eigenvalue weighted by molar-refractivity contribution is 0.0827. The van der Waals surface area contributed by atoms with Crippen molar-refractivity contribution in [3.63, 3.8) is 0 Å². The number of benzene rings is 2. The first-order valence-corrected chi connectivity index (χ1v) is 11.0. The number of rotatable bonds is 6. The van der Waals surface area contributed by atoms with Gasteiger partial charge in [0.2, 0.25) is 0 Å². The zero-order valence-corrected chi connectivity index (χ0v) is 19.0. The van der Waals surface area contributed by atoms with Gasteiger partial charge in [-0.3, -0.25) is 4.79 Å². The summed E-state index contributed by atoms with van der Waals surface area (Å²) >= 11 is 0. The monoisotopic (exact) mass is 448 g/mol. The third-order valence-electron chi connectivity index (χ3n) is 5.64. The highest BCUT2D eigenvalue weighted by molar-refractivity contribution is 5.95. The van der Waals surface area contributed by atoms with E-state index in [1.54, 1.807) is 31.3 Å². The lowest BCUT2D eigenvalue weighted by Crippen LogP contribution is -2.21. The van der Waals surface area contributed by atoms with Crippen LogP contribution in [0.5, 0.6) is 0 Å². The van der Waals surface area contributed by atoms with Gasteiger partial charge in [0, 0.05) is 55.7 Å². The number of hydrogen-bond donors (Lipinski definition) is 1. The first kappa shape index (κ1) is 21.3. The SMILES string of the molecule is CN(C)C(=O)c1ccc(-c2cc3cnc(Nc4ccncn4)cc3n2Cc2ccccc2)cc1. The molecule has 0 unspecified atom stereocenters. The third kappa shape index (κ3) is 4.36. The molecule has 0 atom stereocenters. The molecule has 7 nitrogen and oxygen atoms in total. The van der Waals surface area contributed by atoms with Crippen LogP contribution in [0.3, 0.4) is 0 Å². The maximum atomic E-state index is 12.3. The van der Waals surface area contributed by atoms with E-state index in [1.807, 2.05) is 54.7 Å². The van der Waals surface area contributed by atoms with Crippen molar-refractivity contribution in [1.29, 1.82) is 0 Å². The molecule has 1 amide bonds. The van der Waals surface area contributed by atoms with Crippen LogP contribution in [0.4, 0.5) is 11.6 Å². The van der Waals surface area contributed by atoms with E-state index >= 15 is 0 Å². The Hall–Kier alpha value is -4.52. The summed E-state index contributed by atoms with van der Waals surface area (Å²) in [6.07, 6.45) is 5.06. The molecule has 1 N–H and O–H groups in total. The number of carbonyl (C=O) groups is 1. The fraction of sp³-hybridized carbons (Fsp3) is 0.111. The van der Waals surface area contributed by atoms with Gasteiger partial charge in [-0.25, -0.2) is 15.0 Å². The summed E-state index contributed by atoms with van der Waals surface area (Å²) in [5.41, 5.74) is 5.01. The molecule has 0 spiro atoms. The quantitative estimate of drug-likeness (QED) is 0.396. The fourth-order valence-corrected chi connectivity index (χ4v) is 3.94. The summed E-state index contributed by atoms with van der Waals surface area (Å²) in [6.45, 7) is 0.703. The van der Waals surface area contributed by atoms with Crippen LogP contribution >= 0.6 is 0 Å². The maximum absolute atomic E-state index is 12.3. The summed E-state index contributed by atoms with van der Waals surface area (Å²) in [5, 5.41) is 4.28. The third-order valence-corrected chi connectivity index (χ3v) is 5.64. The highest BCUT2D eigenvalue weighted by Crippen LogP contribution is 2.31. The fourth-order valence-electron chi connectivity index (χ4n) is 3.94. The van der Waals surface area contributed by atoms with Crippen LogP contribution in [0.25, 0.3) is 22.2 Å². The standard InChI is InChI=1S/C27H24N6O/c1-32(2)27(34)21-10-8-20(9-11-21)23-14-22-16-29-26(31-25-12-13-28-18-30-25)15-24(22)33(23)17-19-6-4-3-5-7-19/h3-16,18H,17H2,1-2H3,(H,28,29,30,31). The molecule has 0 bridgehead atoms. The second kappa shape index (κ2) is 9.15. The summed E-state index contributed by atoms with van der Waals surface area (Å²) in [4.78, 5) is 26.7. The van der Waals surface area contributed by atoms with Crippen LogP contribution in [-0.4, -0.2) is 44.4 Å². The lowest BCUT2D eigenvalue weighted by atomic mass is 10.1. The highest BCUT2D eigenvalue weighted by atomic mass is 16.2. The van der Waals surface area contributed by atoms with E-state index in [4.69, 9.17) is 0 Å². The van der Waals surface area contributed by atoms with Gasteiger partial charge >= 0.3 is 0 Å². The number of carbonyl (C=O) groups excluding carboxylic acids is 1. The second-order valence-corrected chi connectivity index (χ2v) is 8.23. The Balaban J connectivity index is 1.59. The van der Waals surface area contributed by atoms with E-state index in [1.165, 1.54) is 11.9 Å². The Kier molecular flexibility index (Phi) is 5.74. The number of amides is 1. The number of aromatic nitrogens is 4. The average molecular weight is 449 g/mol. The number of nitrogens with zero attached hydrogens (tertiary/aromatic N) is 5. The van der Waals surface area contributed by atoms with Crippen molar-refractivity contribution in [3.05, 3.63) is 103 Å². The summed E-state index contributed by atoms with van der Waals surface area (Å²) in [7, 11) is 3.52. The maximum Gasteiger partial charge on any atom is 0.253 e. The van der Waals surface area contributed by atoms with Gasteiger partial charge in [-0.1, -0.05) is 42.5 Å². The molecule has 5 rings (SSSR count). The first-order valence-electron chi connectivity index (χ1n) is 11.0. The van der Waals surface area contributed by atoms with E-state index in [-0.39, 0.29) is 5.91 Å². The van der Waals surface area contributed by atoms with Gasteiger partial charge in [0.05, 0.1) is 5.52 Å². The predicted molar refractivity (Wildman–Crippen MR) is 134 cm³/mol. The lowest BCUT2D eigenvalue weighted by Gasteiger charge is -2.13. The van der Waals surface area contributed by atoms with E-state index in [9.17, 15) is 4.79 Å². The number of hydrogen-bond acceptors (Lipinski definition) is 5. The van der Waals surface area contributed by atoms with Crippen LogP contribution in [0.2, 0.25) is 0 Å². The molecule has 7 heteroatoms. The van der Waals surface area contributed by atoms with Crippen LogP contribution in [-0.2, 0) is 6.54 Å². The molecule has 0 aliphatic heterocycles. The van der Waals surface area contributed by atoms with Crippen molar-refractivity contribution >= 4 is 28.4 Å². The second-order valence-electron chi connectivity index (χ2n) is 8.23. The highest BCUT2D eigenvalue weighted by Gasteiger charge is 2.14. The van der Waals surface area contributed by atoms with Crippen LogP contribution in [0.15, 0.2) is 91.5 Å².